The molecule has 2 aliphatic rings. The van der Waals surface area contributed by atoms with Crippen LogP contribution >= 0.6 is 0 Å². The van der Waals surface area contributed by atoms with E-state index in [0.29, 0.717) is 6.04 Å². The number of nitrogens with zero attached hydrogens (tertiary/aromatic N) is 1. The number of likely N-dealkylation sites (tertiary alicyclic amines) is 1. The van der Waals surface area contributed by atoms with Crippen molar-refractivity contribution in [3.05, 3.63) is 34.9 Å². The summed E-state index contributed by atoms with van der Waals surface area (Å²) in [6, 6.07) is 7.85. The van der Waals surface area contributed by atoms with Gasteiger partial charge in [0, 0.05) is 12.6 Å². The fraction of sp³-hybridized carbons (Fsp3) is 0.667. The molecule has 1 aromatic rings. The van der Waals surface area contributed by atoms with Crippen molar-refractivity contribution in [3.8, 4) is 0 Å². The van der Waals surface area contributed by atoms with E-state index in [1.807, 2.05) is 0 Å². The van der Waals surface area contributed by atoms with Crippen LogP contribution in [-0.4, -0.2) is 31.1 Å². The average molecular weight is 272 g/mol. The summed E-state index contributed by atoms with van der Waals surface area (Å²) in [5, 5.41) is 3.41. The summed E-state index contributed by atoms with van der Waals surface area (Å²) in [6.45, 7) is 5.98. The Morgan fingerprint density at radius 1 is 1.20 bits per heavy atom. The minimum atomic E-state index is 0.664. The first kappa shape index (κ1) is 14.1. The molecular weight excluding hydrogens is 244 g/mol. The Morgan fingerprint density at radius 2 is 1.95 bits per heavy atom. The van der Waals surface area contributed by atoms with Gasteiger partial charge in [0.1, 0.15) is 0 Å². The lowest BCUT2D eigenvalue weighted by Gasteiger charge is -2.34. The van der Waals surface area contributed by atoms with E-state index in [-0.39, 0.29) is 0 Å². The minimum Gasteiger partial charge on any atom is -0.317 e. The second kappa shape index (κ2) is 6.28. The molecule has 0 saturated carbocycles. The Labute approximate surface area is 123 Å². The van der Waals surface area contributed by atoms with Crippen LogP contribution in [0.1, 0.15) is 42.9 Å². The molecule has 3 rings (SSSR count). The van der Waals surface area contributed by atoms with E-state index >= 15 is 0 Å². The topological polar surface area (TPSA) is 15.3 Å². The Morgan fingerprint density at radius 3 is 2.70 bits per heavy atom. The first-order chi connectivity index (χ1) is 9.76. The number of piperidine rings is 1. The summed E-state index contributed by atoms with van der Waals surface area (Å²) >= 11 is 0. The van der Waals surface area contributed by atoms with Crippen LogP contribution in [0.5, 0.6) is 0 Å². The van der Waals surface area contributed by atoms with E-state index in [1.165, 1.54) is 50.8 Å². The summed E-state index contributed by atoms with van der Waals surface area (Å²) in [7, 11) is 2.08. The van der Waals surface area contributed by atoms with Gasteiger partial charge in [-0.05, 0) is 81.8 Å². The summed E-state index contributed by atoms with van der Waals surface area (Å²) in [5.41, 5.74) is 4.72. The Bertz CT molecular complexity index is 447. The normalized spacial score (nSPS) is 21.9. The molecule has 1 fully saturated rings. The maximum atomic E-state index is 3.41. The van der Waals surface area contributed by atoms with Gasteiger partial charge in [-0.1, -0.05) is 18.2 Å². The number of nitrogens with one attached hydrogen (secondary N) is 1. The van der Waals surface area contributed by atoms with Gasteiger partial charge >= 0.3 is 0 Å². The maximum absolute atomic E-state index is 3.41. The number of aryl methyl sites for hydroxylation is 2. The highest BCUT2D eigenvalue weighted by Crippen LogP contribution is 2.25. The standard InChI is InChI=1S/C18H28N2/c1-14(19-2)16-8-10-20(11-9-16)13-15-6-7-17-4-3-5-18(17)12-15/h6-7,12,14,16,19H,3-5,8-11,13H2,1-2H3. The van der Waals surface area contributed by atoms with Gasteiger partial charge in [0.25, 0.3) is 0 Å². The van der Waals surface area contributed by atoms with E-state index in [1.54, 1.807) is 11.1 Å². The molecule has 1 unspecified atom stereocenters. The van der Waals surface area contributed by atoms with Gasteiger partial charge in [-0.2, -0.15) is 0 Å². The zero-order valence-electron chi connectivity index (χ0n) is 13.0. The quantitative estimate of drug-likeness (QED) is 0.906. The molecule has 0 spiro atoms. The molecule has 2 heteroatoms. The molecule has 20 heavy (non-hydrogen) atoms. The molecule has 1 aliphatic heterocycles. The van der Waals surface area contributed by atoms with Crippen LogP contribution in [0.15, 0.2) is 18.2 Å². The van der Waals surface area contributed by atoms with Crippen LogP contribution in [0, 0.1) is 5.92 Å². The van der Waals surface area contributed by atoms with Crippen molar-refractivity contribution in [2.75, 3.05) is 20.1 Å². The van der Waals surface area contributed by atoms with Gasteiger partial charge in [0.05, 0.1) is 0 Å². The largest absolute Gasteiger partial charge is 0.317 e. The molecule has 1 N–H and O–H groups in total. The van der Waals surface area contributed by atoms with Crippen molar-refractivity contribution >= 4 is 0 Å². The number of hydrogen-bond donors (Lipinski definition) is 1. The monoisotopic (exact) mass is 272 g/mol. The van der Waals surface area contributed by atoms with E-state index in [9.17, 15) is 0 Å². The van der Waals surface area contributed by atoms with Crippen LogP contribution in [0.3, 0.4) is 0 Å². The SMILES string of the molecule is CNC(C)C1CCN(Cc2ccc3c(c2)CCC3)CC1. The fourth-order valence-corrected chi connectivity index (χ4v) is 3.83. The lowest BCUT2D eigenvalue weighted by molar-refractivity contribution is 0.159. The number of rotatable bonds is 4. The van der Waals surface area contributed by atoms with Crippen LogP contribution in [0.25, 0.3) is 0 Å². The average Bonchev–Trinajstić information content (AvgIpc) is 2.95. The summed E-state index contributed by atoms with van der Waals surface area (Å²) in [5.74, 6) is 0.858. The van der Waals surface area contributed by atoms with E-state index in [0.717, 1.165) is 12.5 Å². The van der Waals surface area contributed by atoms with Gasteiger partial charge in [0.15, 0.2) is 0 Å². The van der Waals surface area contributed by atoms with Gasteiger partial charge in [-0.25, -0.2) is 0 Å². The summed E-state index contributed by atoms with van der Waals surface area (Å²) in [4.78, 5) is 2.63. The minimum absolute atomic E-state index is 0.664. The predicted molar refractivity (Wildman–Crippen MR) is 85.0 cm³/mol. The molecule has 0 amide bonds. The molecule has 1 aliphatic carbocycles. The molecule has 0 radical (unpaired) electrons. The van der Waals surface area contributed by atoms with Crippen LogP contribution < -0.4 is 5.32 Å². The van der Waals surface area contributed by atoms with Gasteiger partial charge in [0.2, 0.25) is 0 Å². The second-order valence-electron chi connectivity index (χ2n) is 6.65. The highest BCUT2D eigenvalue weighted by Gasteiger charge is 2.23. The molecule has 1 saturated heterocycles. The first-order valence-electron chi connectivity index (χ1n) is 8.26. The molecule has 0 bridgehead atoms. The van der Waals surface area contributed by atoms with Crippen molar-refractivity contribution in [1.82, 2.24) is 10.2 Å². The van der Waals surface area contributed by atoms with Crippen LogP contribution in [0.4, 0.5) is 0 Å². The zero-order valence-corrected chi connectivity index (χ0v) is 13.0. The number of benzene rings is 1. The molecule has 2 nitrogen and oxygen atoms in total. The predicted octanol–water partition coefficient (Wildman–Crippen LogP) is 3.00. The third-order valence-corrected chi connectivity index (χ3v) is 5.36. The highest BCUT2D eigenvalue weighted by atomic mass is 15.1. The smallest absolute Gasteiger partial charge is 0.0233 e. The number of fused-ring (bicyclic) bond motifs is 1. The molecule has 1 heterocycles. The number of hydrogen-bond acceptors (Lipinski definition) is 2. The second-order valence-corrected chi connectivity index (χ2v) is 6.65. The van der Waals surface area contributed by atoms with Crippen molar-refractivity contribution in [1.29, 1.82) is 0 Å². The molecular formula is C18H28N2. The molecule has 110 valence electrons. The summed E-state index contributed by atoms with van der Waals surface area (Å²) in [6.07, 6.45) is 6.62. The molecule has 1 aromatic carbocycles. The third kappa shape index (κ3) is 3.07. The van der Waals surface area contributed by atoms with Crippen LogP contribution in [-0.2, 0) is 19.4 Å². The Balaban J connectivity index is 1.55. The fourth-order valence-electron chi connectivity index (χ4n) is 3.83. The van der Waals surface area contributed by atoms with Crippen molar-refractivity contribution in [2.45, 2.75) is 51.6 Å². The Hall–Kier alpha value is -0.860. The zero-order chi connectivity index (χ0) is 13.9. The van der Waals surface area contributed by atoms with E-state index in [4.69, 9.17) is 0 Å². The van der Waals surface area contributed by atoms with Gasteiger partial charge in [-0.3, -0.25) is 4.90 Å². The van der Waals surface area contributed by atoms with E-state index < -0.39 is 0 Å². The molecule has 0 aromatic heterocycles. The molecule has 1 atom stereocenters. The van der Waals surface area contributed by atoms with Crippen molar-refractivity contribution in [2.24, 2.45) is 5.92 Å². The first-order valence-corrected chi connectivity index (χ1v) is 8.26. The van der Waals surface area contributed by atoms with Crippen LogP contribution in [0.2, 0.25) is 0 Å². The van der Waals surface area contributed by atoms with Gasteiger partial charge in [-0.15, -0.1) is 0 Å². The summed E-state index contributed by atoms with van der Waals surface area (Å²) < 4.78 is 0. The van der Waals surface area contributed by atoms with Crippen molar-refractivity contribution in [3.63, 3.8) is 0 Å². The third-order valence-electron chi connectivity index (χ3n) is 5.36. The maximum Gasteiger partial charge on any atom is 0.0233 e. The Kier molecular flexibility index (Phi) is 4.42. The lowest BCUT2D eigenvalue weighted by atomic mass is 9.90. The van der Waals surface area contributed by atoms with Gasteiger partial charge < -0.3 is 5.32 Å². The van der Waals surface area contributed by atoms with E-state index in [2.05, 4.69) is 42.4 Å². The highest BCUT2D eigenvalue weighted by molar-refractivity contribution is 5.35. The lowest BCUT2D eigenvalue weighted by Crippen LogP contribution is -2.40. The van der Waals surface area contributed by atoms with Crippen molar-refractivity contribution < 1.29 is 0 Å².